The lowest BCUT2D eigenvalue weighted by Crippen LogP contribution is -2.45. The van der Waals surface area contributed by atoms with Crippen LogP contribution in [0.1, 0.15) is 46.0 Å². The summed E-state index contributed by atoms with van der Waals surface area (Å²) >= 11 is 0. The van der Waals surface area contributed by atoms with Gasteiger partial charge in [-0.25, -0.2) is 4.79 Å². The third-order valence-electron chi connectivity index (χ3n) is 3.29. The molecule has 1 aliphatic carbocycles. The minimum Gasteiger partial charge on any atom is -0.480 e. The van der Waals surface area contributed by atoms with Crippen LogP contribution >= 0.6 is 0 Å². The molecule has 1 rings (SSSR count). The molecule has 114 valence electrons. The molecule has 20 heavy (non-hydrogen) atoms. The maximum Gasteiger partial charge on any atom is 0.326 e. The summed E-state index contributed by atoms with van der Waals surface area (Å²) in [6.45, 7) is 3.88. The molecule has 0 aromatic carbocycles. The fourth-order valence-corrected chi connectivity index (χ4v) is 1.84. The number of hydrogen-bond acceptors (Lipinski definition) is 3. The van der Waals surface area contributed by atoms with Crippen molar-refractivity contribution in [3.8, 4) is 0 Å². The van der Waals surface area contributed by atoms with E-state index in [1.807, 2.05) is 13.8 Å². The topological polar surface area (TPSA) is 95.5 Å². The van der Waals surface area contributed by atoms with Gasteiger partial charge in [-0.15, -0.1) is 0 Å². The summed E-state index contributed by atoms with van der Waals surface area (Å²) in [5.74, 6) is -0.795. The zero-order valence-electron chi connectivity index (χ0n) is 12.1. The van der Waals surface area contributed by atoms with Crippen molar-refractivity contribution < 1.29 is 19.5 Å². The fraction of sp³-hybridized carbons (Fsp3) is 0.786. The number of carbonyl (C=O) groups excluding carboxylic acids is 2. The number of carbonyl (C=O) groups is 3. The zero-order chi connectivity index (χ0) is 15.1. The fourth-order valence-electron chi connectivity index (χ4n) is 1.84. The van der Waals surface area contributed by atoms with E-state index >= 15 is 0 Å². The summed E-state index contributed by atoms with van der Waals surface area (Å²) in [5.41, 5.74) is 0. The van der Waals surface area contributed by atoms with Crippen LogP contribution < -0.4 is 10.6 Å². The van der Waals surface area contributed by atoms with E-state index in [0.717, 1.165) is 19.3 Å². The van der Waals surface area contributed by atoms with Crippen molar-refractivity contribution in [2.24, 2.45) is 11.8 Å². The molecule has 1 saturated carbocycles. The van der Waals surface area contributed by atoms with Gasteiger partial charge in [0.25, 0.3) is 0 Å². The molecule has 6 heteroatoms. The molecule has 3 N–H and O–H groups in total. The van der Waals surface area contributed by atoms with Gasteiger partial charge in [0.15, 0.2) is 0 Å². The van der Waals surface area contributed by atoms with Crippen LogP contribution in [0, 0.1) is 11.8 Å². The van der Waals surface area contributed by atoms with Gasteiger partial charge in [-0.05, 0) is 24.7 Å². The lowest BCUT2D eigenvalue weighted by molar-refractivity contribution is -0.142. The van der Waals surface area contributed by atoms with Crippen LogP contribution in [0.5, 0.6) is 0 Å². The van der Waals surface area contributed by atoms with Crippen LogP contribution in [0.2, 0.25) is 0 Å². The van der Waals surface area contributed by atoms with Gasteiger partial charge < -0.3 is 15.7 Å². The van der Waals surface area contributed by atoms with Gasteiger partial charge in [0.05, 0.1) is 6.54 Å². The molecule has 1 aliphatic rings. The molecule has 0 radical (unpaired) electrons. The van der Waals surface area contributed by atoms with Gasteiger partial charge in [-0.3, -0.25) is 9.59 Å². The minimum atomic E-state index is -1.02. The Morgan fingerprint density at radius 1 is 1.20 bits per heavy atom. The Kier molecular flexibility index (Phi) is 6.48. The molecule has 6 nitrogen and oxygen atoms in total. The second kappa shape index (κ2) is 7.87. The summed E-state index contributed by atoms with van der Waals surface area (Å²) in [6, 6.07) is -0.845. The Balaban J connectivity index is 2.23. The van der Waals surface area contributed by atoms with Crippen LogP contribution in [-0.2, 0) is 14.4 Å². The third-order valence-corrected chi connectivity index (χ3v) is 3.29. The maximum atomic E-state index is 11.6. The molecule has 0 aromatic rings. The zero-order valence-corrected chi connectivity index (χ0v) is 12.1. The van der Waals surface area contributed by atoms with Crippen molar-refractivity contribution in [2.45, 2.75) is 52.0 Å². The second-order valence-electron chi connectivity index (χ2n) is 5.85. The quantitative estimate of drug-likeness (QED) is 0.586. The Bertz CT molecular complexity index is 364. The van der Waals surface area contributed by atoms with E-state index in [4.69, 9.17) is 5.11 Å². The highest BCUT2D eigenvalue weighted by molar-refractivity contribution is 5.87. The van der Waals surface area contributed by atoms with E-state index in [0.29, 0.717) is 24.7 Å². The number of amides is 2. The van der Waals surface area contributed by atoms with Crippen LogP contribution in [-0.4, -0.2) is 35.5 Å². The van der Waals surface area contributed by atoms with Crippen molar-refractivity contribution >= 4 is 17.8 Å². The Hall–Kier alpha value is -1.59. The molecule has 0 saturated heterocycles. The van der Waals surface area contributed by atoms with E-state index in [9.17, 15) is 14.4 Å². The SMILES string of the molecule is CC(C)CCC(=O)NCC(=O)NC(CC1CC1)C(=O)O. The molecule has 0 spiro atoms. The first-order valence-electron chi connectivity index (χ1n) is 7.17. The standard InChI is InChI=1S/C14H24N2O4/c1-9(2)3-6-12(17)15-8-13(18)16-11(14(19)20)7-10-4-5-10/h9-11H,3-8H2,1-2H3,(H,15,17)(H,16,18)(H,19,20). The van der Waals surface area contributed by atoms with E-state index in [1.54, 1.807) is 0 Å². The molecule has 0 aliphatic heterocycles. The summed E-state index contributed by atoms with van der Waals surface area (Å²) in [6.07, 6.45) is 3.70. The summed E-state index contributed by atoms with van der Waals surface area (Å²) in [5, 5.41) is 14.0. The monoisotopic (exact) mass is 284 g/mol. The first-order valence-corrected chi connectivity index (χ1v) is 7.17. The van der Waals surface area contributed by atoms with Crippen molar-refractivity contribution in [2.75, 3.05) is 6.54 Å². The Morgan fingerprint density at radius 3 is 2.35 bits per heavy atom. The first kappa shape index (κ1) is 16.5. The van der Waals surface area contributed by atoms with Crippen molar-refractivity contribution in [1.29, 1.82) is 0 Å². The van der Waals surface area contributed by atoms with Gasteiger partial charge in [0.2, 0.25) is 11.8 Å². The van der Waals surface area contributed by atoms with Crippen LogP contribution in [0.25, 0.3) is 0 Å². The largest absolute Gasteiger partial charge is 0.480 e. The average Bonchev–Trinajstić information content (AvgIpc) is 3.16. The minimum absolute atomic E-state index is 0.161. The van der Waals surface area contributed by atoms with Gasteiger partial charge in [0, 0.05) is 6.42 Å². The number of nitrogens with one attached hydrogen (secondary N) is 2. The predicted octanol–water partition coefficient (Wildman–Crippen LogP) is 0.908. The molecule has 2 amide bonds. The van der Waals surface area contributed by atoms with Crippen molar-refractivity contribution in [1.82, 2.24) is 10.6 Å². The smallest absolute Gasteiger partial charge is 0.326 e. The van der Waals surface area contributed by atoms with Gasteiger partial charge in [0.1, 0.15) is 6.04 Å². The van der Waals surface area contributed by atoms with Crippen LogP contribution in [0.3, 0.4) is 0 Å². The highest BCUT2D eigenvalue weighted by Gasteiger charge is 2.30. The highest BCUT2D eigenvalue weighted by Crippen LogP contribution is 2.33. The molecule has 1 fully saturated rings. The van der Waals surface area contributed by atoms with Crippen LogP contribution in [0.15, 0.2) is 0 Å². The van der Waals surface area contributed by atoms with Crippen molar-refractivity contribution in [3.05, 3.63) is 0 Å². The van der Waals surface area contributed by atoms with E-state index in [-0.39, 0.29) is 12.5 Å². The molecule has 1 atom stereocenters. The third kappa shape index (κ3) is 7.11. The summed E-state index contributed by atoms with van der Waals surface area (Å²) < 4.78 is 0. The summed E-state index contributed by atoms with van der Waals surface area (Å²) in [7, 11) is 0. The number of hydrogen-bond donors (Lipinski definition) is 3. The lowest BCUT2D eigenvalue weighted by atomic mass is 10.1. The molecule has 1 unspecified atom stereocenters. The van der Waals surface area contributed by atoms with Gasteiger partial charge in [-0.2, -0.15) is 0 Å². The van der Waals surface area contributed by atoms with Crippen LogP contribution in [0.4, 0.5) is 0 Å². The number of carboxylic acid groups (broad SMARTS) is 1. The number of aliphatic carboxylic acids is 1. The van der Waals surface area contributed by atoms with Gasteiger partial charge in [-0.1, -0.05) is 26.7 Å². The maximum absolute atomic E-state index is 11.6. The predicted molar refractivity (Wildman–Crippen MR) is 74.0 cm³/mol. The molecule has 0 aromatic heterocycles. The second-order valence-corrected chi connectivity index (χ2v) is 5.85. The Morgan fingerprint density at radius 2 is 1.85 bits per heavy atom. The lowest BCUT2D eigenvalue weighted by Gasteiger charge is -2.14. The average molecular weight is 284 g/mol. The van der Waals surface area contributed by atoms with Gasteiger partial charge >= 0.3 is 5.97 Å². The van der Waals surface area contributed by atoms with E-state index in [1.165, 1.54) is 0 Å². The molecule has 0 bridgehead atoms. The summed E-state index contributed by atoms with van der Waals surface area (Å²) in [4.78, 5) is 34.1. The molecular formula is C14H24N2O4. The highest BCUT2D eigenvalue weighted by atomic mass is 16.4. The number of rotatable bonds is 9. The molecule has 0 heterocycles. The first-order chi connectivity index (χ1) is 9.38. The molecular weight excluding hydrogens is 260 g/mol. The number of carboxylic acids is 1. The Labute approximate surface area is 119 Å². The normalized spacial score (nSPS) is 15.8. The van der Waals surface area contributed by atoms with Crippen molar-refractivity contribution in [3.63, 3.8) is 0 Å². The van der Waals surface area contributed by atoms with E-state index < -0.39 is 17.9 Å². The van der Waals surface area contributed by atoms with E-state index in [2.05, 4.69) is 10.6 Å².